The highest BCUT2D eigenvalue weighted by molar-refractivity contribution is 7.08. The van der Waals surface area contributed by atoms with Crippen LogP contribution >= 0.6 is 11.3 Å². The van der Waals surface area contributed by atoms with Crippen molar-refractivity contribution >= 4 is 23.2 Å². The second-order valence-electron chi connectivity index (χ2n) is 7.23. The SMILES string of the molecule is CCC(CNC(=O)CCCNC(=O)c1ccsc1)N1CCc2ccccc2C1. The van der Waals surface area contributed by atoms with Crippen LogP contribution in [-0.4, -0.2) is 42.4 Å². The van der Waals surface area contributed by atoms with Gasteiger partial charge in [-0.2, -0.15) is 11.3 Å². The summed E-state index contributed by atoms with van der Waals surface area (Å²) in [5.41, 5.74) is 3.53. The molecule has 3 rings (SSSR count). The van der Waals surface area contributed by atoms with Crippen molar-refractivity contribution in [2.45, 2.75) is 45.2 Å². The molecule has 0 spiro atoms. The van der Waals surface area contributed by atoms with Gasteiger partial charge in [-0.05, 0) is 41.8 Å². The number of hydrogen-bond acceptors (Lipinski definition) is 4. The summed E-state index contributed by atoms with van der Waals surface area (Å²) in [6, 6.07) is 10.8. The molecule has 1 aliphatic rings. The van der Waals surface area contributed by atoms with Crippen LogP contribution in [0.2, 0.25) is 0 Å². The van der Waals surface area contributed by atoms with Crippen LogP contribution in [0.5, 0.6) is 0 Å². The molecule has 0 fully saturated rings. The van der Waals surface area contributed by atoms with Crippen LogP contribution in [0.15, 0.2) is 41.1 Å². The number of amides is 2. The highest BCUT2D eigenvalue weighted by Gasteiger charge is 2.22. The first-order valence-electron chi connectivity index (χ1n) is 10.0. The molecule has 1 unspecified atom stereocenters. The van der Waals surface area contributed by atoms with Gasteiger partial charge < -0.3 is 10.6 Å². The van der Waals surface area contributed by atoms with Gasteiger partial charge in [0, 0.05) is 49.6 Å². The summed E-state index contributed by atoms with van der Waals surface area (Å²) in [5.74, 6) is -0.0151. The van der Waals surface area contributed by atoms with Crippen molar-refractivity contribution < 1.29 is 9.59 Å². The van der Waals surface area contributed by atoms with Crippen LogP contribution < -0.4 is 10.6 Å². The first-order valence-corrected chi connectivity index (χ1v) is 11.0. The van der Waals surface area contributed by atoms with Crippen LogP contribution in [0.4, 0.5) is 0 Å². The molecule has 2 aromatic rings. The van der Waals surface area contributed by atoms with E-state index in [9.17, 15) is 9.59 Å². The maximum Gasteiger partial charge on any atom is 0.252 e. The molecular formula is C22H29N3O2S. The first kappa shape index (κ1) is 20.6. The molecule has 2 heterocycles. The monoisotopic (exact) mass is 399 g/mol. The van der Waals surface area contributed by atoms with Gasteiger partial charge in [-0.25, -0.2) is 0 Å². The van der Waals surface area contributed by atoms with Crippen LogP contribution in [0.25, 0.3) is 0 Å². The Hall–Kier alpha value is -2.18. The molecule has 28 heavy (non-hydrogen) atoms. The molecule has 2 N–H and O–H groups in total. The van der Waals surface area contributed by atoms with Gasteiger partial charge in [-0.3, -0.25) is 14.5 Å². The van der Waals surface area contributed by atoms with Crippen LogP contribution in [0, 0.1) is 0 Å². The summed E-state index contributed by atoms with van der Waals surface area (Å²) in [4.78, 5) is 26.5. The van der Waals surface area contributed by atoms with Gasteiger partial charge in [-0.1, -0.05) is 31.2 Å². The summed E-state index contributed by atoms with van der Waals surface area (Å²) in [6.07, 6.45) is 3.17. The number of benzene rings is 1. The number of fused-ring (bicyclic) bond motifs is 1. The predicted molar refractivity (Wildman–Crippen MR) is 114 cm³/mol. The second-order valence-corrected chi connectivity index (χ2v) is 8.01. The van der Waals surface area contributed by atoms with Gasteiger partial charge in [0.2, 0.25) is 5.91 Å². The lowest BCUT2D eigenvalue weighted by Gasteiger charge is -2.35. The fourth-order valence-corrected chi connectivity index (χ4v) is 4.26. The van der Waals surface area contributed by atoms with Crippen LogP contribution in [0.3, 0.4) is 0 Å². The molecule has 0 radical (unpaired) electrons. The molecule has 0 bridgehead atoms. The molecular weight excluding hydrogens is 370 g/mol. The number of hydrogen-bond donors (Lipinski definition) is 2. The quantitative estimate of drug-likeness (QED) is 0.637. The Balaban J connectivity index is 1.35. The molecule has 1 atom stereocenters. The molecule has 2 amide bonds. The van der Waals surface area contributed by atoms with Gasteiger partial charge in [-0.15, -0.1) is 0 Å². The molecule has 150 valence electrons. The van der Waals surface area contributed by atoms with E-state index in [1.807, 2.05) is 10.8 Å². The largest absolute Gasteiger partial charge is 0.355 e. The van der Waals surface area contributed by atoms with Crippen LogP contribution in [0.1, 0.15) is 47.7 Å². The summed E-state index contributed by atoms with van der Waals surface area (Å²) in [5, 5.41) is 9.64. The van der Waals surface area contributed by atoms with E-state index >= 15 is 0 Å². The third-order valence-corrected chi connectivity index (χ3v) is 6.02. The number of carbonyl (C=O) groups excluding carboxylic acids is 2. The summed E-state index contributed by atoms with van der Waals surface area (Å²) in [6.45, 7) is 5.37. The van der Waals surface area contributed by atoms with Gasteiger partial charge in [0.15, 0.2) is 0 Å². The van der Waals surface area contributed by atoms with Gasteiger partial charge in [0.05, 0.1) is 0 Å². The zero-order valence-corrected chi connectivity index (χ0v) is 17.3. The minimum Gasteiger partial charge on any atom is -0.355 e. The summed E-state index contributed by atoms with van der Waals surface area (Å²) < 4.78 is 0. The first-order chi connectivity index (χ1) is 13.7. The van der Waals surface area contributed by atoms with E-state index in [1.54, 1.807) is 6.07 Å². The van der Waals surface area contributed by atoms with Crippen molar-refractivity contribution in [2.24, 2.45) is 0 Å². The maximum absolute atomic E-state index is 12.2. The minimum absolute atomic E-state index is 0.0561. The average Bonchev–Trinajstić information content (AvgIpc) is 3.26. The summed E-state index contributed by atoms with van der Waals surface area (Å²) >= 11 is 1.50. The van der Waals surface area contributed by atoms with E-state index in [-0.39, 0.29) is 11.8 Å². The van der Waals surface area contributed by atoms with Crippen molar-refractivity contribution in [3.05, 3.63) is 57.8 Å². The highest BCUT2D eigenvalue weighted by Crippen LogP contribution is 2.21. The van der Waals surface area contributed by atoms with E-state index in [1.165, 1.54) is 22.5 Å². The standard InChI is InChI=1S/C22H29N3O2S/c1-2-20(25-12-9-17-6-3-4-7-18(17)15-25)14-24-21(26)8-5-11-23-22(27)19-10-13-28-16-19/h3-4,6-7,10,13,16,20H,2,5,8-9,11-12,14-15H2,1H3,(H,23,27)(H,24,26). The Bertz CT molecular complexity index is 776. The predicted octanol–water partition coefficient (Wildman–Crippen LogP) is 3.21. The smallest absolute Gasteiger partial charge is 0.252 e. The van der Waals surface area contributed by atoms with Crippen molar-refractivity contribution in [2.75, 3.05) is 19.6 Å². The third kappa shape index (κ3) is 5.66. The molecule has 1 aliphatic heterocycles. The molecule has 1 aromatic heterocycles. The zero-order chi connectivity index (χ0) is 19.8. The van der Waals surface area contributed by atoms with E-state index in [4.69, 9.17) is 0 Å². The maximum atomic E-state index is 12.2. The lowest BCUT2D eigenvalue weighted by atomic mass is 9.98. The Kier molecular flexibility index (Phi) is 7.62. The Morgan fingerprint density at radius 1 is 1.18 bits per heavy atom. The van der Waals surface area contributed by atoms with Gasteiger partial charge in [0.1, 0.15) is 0 Å². The van der Waals surface area contributed by atoms with Crippen molar-refractivity contribution in [1.29, 1.82) is 0 Å². The van der Waals surface area contributed by atoms with E-state index in [0.29, 0.717) is 37.5 Å². The minimum atomic E-state index is -0.0712. The second kappa shape index (κ2) is 10.4. The number of thiophene rings is 1. The molecule has 0 saturated heterocycles. The summed E-state index contributed by atoms with van der Waals surface area (Å²) in [7, 11) is 0. The number of nitrogens with one attached hydrogen (secondary N) is 2. The van der Waals surface area contributed by atoms with Crippen molar-refractivity contribution in [1.82, 2.24) is 15.5 Å². The Morgan fingerprint density at radius 3 is 2.75 bits per heavy atom. The zero-order valence-electron chi connectivity index (χ0n) is 16.4. The van der Waals surface area contributed by atoms with Crippen LogP contribution in [-0.2, 0) is 17.8 Å². The molecule has 0 saturated carbocycles. The lowest BCUT2D eigenvalue weighted by molar-refractivity contribution is -0.121. The average molecular weight is 400 g/mol. The topological polar surface area (TPSA) is 61.4 Å². The van der Waals surface area contributed by atoms with Crippen molar-refractivity contribution in [3.8, 4) is 0 Å². The highest BCUT2D eigenvalue weighted by atomic mass is 32.1. The van der Waals surface area contributed by atoms with E-state index < -0.39 is 0 Å². The Labute approximate surface area is 171 Å². The van der Waals surface area contributed by atoms with Gasteiger partial charge >= 0.3 is 0 Å². The molecule has 5 nitrogen and oxygen atoms in total. The fraction of sp³-hybridized carbons (Fsp3) is 0.455. The van der Waals surface area contributed by atoms with Crippen molar-refractivity contribution in [3.63, 3.8) is 0 Å². The normalized spacial score (nSPS) is 14.9. The molecule has 6 heteroatoms. The van der Waals surface area contributed by atoms with Gasteiger partial charge in [0.25, 0.3) is 5.91 Å². The number of nitrogens with zero attached hydrogens (tertiary/aromatic N) is 1. The Morgan fingerprint density at radius 2 is 2.00 bits per heavy atom. The molecule has 0 aliphatic carbocycles. The fourth-order valence-electron chi connectivity index (χ4n) is 3.63. The lowest BCUT2D eigenvalue weighted by Crippen LogP contribution is -2.45. The van der Waals surface area contributed by atoms with E-state index in [2.05, 4.69) is 46.7 Å². The molecule has 1 aromatic carbocycles. The number of carbonyl (C=O) groups is 2. The third-order valence-electron chi connectivity index (χ3n) is 5.33. The van der Waals surface area contributed by atoms with E-state index in [0.717, 1.165) is 25.9 Å². The number of rotatable bonds is 9.